The maximum atomic E-state index is 3.63. The second-order valence-corrected chi connectivity index (χ2v) is 5.48. The minimum absolute atomic E-state index is 0.616. The molecule has 0 bridgehead atoms. The summed E-state index contributed by atoms with van der Waals surface area (Å²) in [6.07, 6.45) is 3.70. The van der Waals surface area contributed by atoms with Gasteiger partial charge in [-0.2, -0.15) is 0 Å². The van der Waals surface area contributed by atoms with E-state index in [1.807, 2.05) is 0 Å². The smallest absolute Gasteiger partial charge is 0.0207 e. The largest absolute Gasteiger partial charge is 0.301 e. The molecule has 1 aromatic carbocycles. The van der Waals surface area contributed by atoms with Crippen molar-refractivity contribution in [2.45, 2.75) is 46.1 Å². The predicted molar refractivity (Wildman–Crippen MR) is 79.5 cm³/mol. The van der Waals surface area contributed by atoms with Gasteiger partial charge in [0.25, 0.3) is 0 Å². The van der Waals surface area contributed by atoms with Crippen molar-refractivity contribution >= 4 is 15.9 Å². The van der Waals surface area contributed by atoms with Gasteiger partial charge in [0, 0.05) is 10.5 Å². The lowest BCUT2D eigenvalue weighted by Crippen LogP contribution is -2.35. The molecule has 0 amide bonds. The van der Waals surface area contributed by atoms with Gasteiger partial charge in [-0.1, -0.05) is 54.4 Å². The first-order chi connectivity index (χ1) is 8.19. The highest BCUT2D eigenvalue weighted by Crippen LogP contribution is 2.19. The number of benzene rings is 1. The van der Waals surface area contributed by atoms with Crippen molar-refractivity contribution in [1.29, 1.82) is 0 Å². The summed E-state index contributed by atoms with van der Waals surface area (Å²) in [6.45, 7) is 9.21. The number of halogens is 1. The first-order valence-electron chi connectivity index (χ1n) is 6.66. The Morgan fingerprint density at radius 1 is 1.24 bits per heavy atom. The SMILES string of the molecule is CCCCN(CC)C(C)Cc1ccccc1Br. The van der Waals surface area contributed by atoms with Crippen LogP contribution in [-0.4, -0.2) is 24.0 Å². The average molecular weight is 298 g/mol. The fourth-order valence-corrected chi connectivity index (χ4v) is 2.61. The van der Waals surface area contributed by atoms with Crippen molar-refractivity contribution in [2.24, 2.45) is 0 Å². The Morgan fingerprint density at radius 3 is 2.53 bits per heavy atom. The fraction of sp³-hybridized carbons (Fsp3) is 0.600. The molecule has 0 spiro atoms. The molecule has 0 saturated heterocycles. The summed E-state index contributed by atoms with van der Waals surface area (Å²) in [4.78, 5) is 2.57. The molecule has 17 heavy (non-hydrogen) atoms. The second kappa shape index (κ2) is 7.88. The monoisotopic (exact) mass is 297 g/mol. The third kappa shape index (κ3) is 4.81. The molecule has 1 nitrogen and oxygen atoms in total. The average Bonchev–Trinajstić information content (AvgIpc) is 2.33. The van der Waals surface area contributed by atoms with Gasteiger partial charge >= 0.3 is 0 Å². The maximum Gasteiger partial charge on any atom is 0.0207 e. The third-order valence-electron chi connectivity index (χ3n) is 3.30. The molecule has 0 saturated carbocycles. The Labute approximate surface area is 114 Å². The molecule has 0 aliphatic carbocycles. The molecular formula is C15H24BrN. The molecule has 0 fully saturated rings. The lowest BCUT2D eigenvalue weighted by Gasteiger charge is -2.28. The molecule has 96 valence electrons. The van der Waals surface area contributed by atoms with Gasteiger partial charge in [0.1, 0.15) is 0 Å². The Hall–Kier alpha value is -0.340. The minimum Gasteiger partial charge on any atom is -0.301 e. The molecule has 1 rings (SSSR count). The van der Waals surface area contributed by atoms with Gasteiger partial charge in [-0.3, -0.25) is 0 Å². The van der Waals surface area contributed by atoms with Crippen molar-refractivity contribution in [3.05, 3.63) is 34.3 Å². The first-order valence-corrected chi connectivity index (χ1v) is 7.45. The fourth-order valence-electron chi connectivity index (χ4n) is 2.16. The van der Waals surface area contributed by atoms with E-state index in [0.717, 1.165) is 13.0 Å². The van der Waals surface area contributed by atoms with Gasteiger partial charge < -0.3 is 4.90 Å². The molecule has 0 aromatic heterocycles. The van der Waals surface area contributed by atoms with E-state index < -0.39 is 0 Å². The van der Waals surface area contributed by atoms with E-state index in [1.54, 1.807) is 0 Å². The summed E-state index contributed by atoms with van der Waals surface area (Å²) in [5.74, 6) is 0. The highest BCUT2D eigenvalue weighted by atomic mass is 79.9. The standard InChI is InChI=1S/C15H24BrN/c1-4-6-11-17(5-2)13(3)12-14-9-7-8-10-15(14)16/h7-10,13H,4-6,11-12H2,1-3H3. The first kappa shape index (κ1) is 14.7. The number of hydrogen-bond acceptors (Lipinski definition) is 1. The van der Waals surface area contributed by atoms with Crippen LogP contribution in [0, 0.1) is 0 Å². The van der Waals surface area contributed by atoms with Crippen molar-refractivity contribution < 1.29 is 0 Å². The number of likely N-dealkylation sites (N-methyl/N-ethyl adjacent to an activating group) is 1. The summed E-state index contributed by atoms with van der Waals surface area (Å²) in [5, 5.41) is 0. The van der Waals surface area contributed by atoms with Gasteiger partial charge in [0.15, 0.2) is 0 Å². The number of hydrogen-bond donors (Lipinski definition) is 0. The zero-order chi connectivity index (χ0) is 12.7. The highest BCUT2D eigenvalue weighted by molar-refractivity contribution is 9.10. The van der Waals surface area contributed by atoms with Crippen LogP contribution in [0.25, 0.3) is 0 Å². The summed E-state index contributed by atoms with van der Waals surface area (Å²) in [7, 11) is 0. The molecule has 0 N–H and O–H groups in total. The van der Waals surface area contributed by atoms with Crippen LogP contribution < -0.4 is 0 Å². The molecular weight excluding hydrogens is 274 g/mol. The van der Waals surface area contributed by atoms with Crippen LogP contribution in [0.1, 0.15) is 39.2 Å². The van der Waals surface area contributed by atoms with E-state index in [0.29, 0.717) is 6.04 Å². The summed E-state index contributed by atoms with van der Waals surface area (Å²) < 4.78 is 1.23. The summed E-state index contributed by atoms with van der Waals surface area (Å²) in [6, 6.07) is 9.16. The van der Waals surface area contributed by atoms with E-state index in [9.17, 15) is 0 Å². The summed E-state index contributed by atoms with van der Waals surface area (Å²) in [5.41, 5.74) is 1.41. The molecule has 1 atom stereocenters. The molecule has 0 aliphatic rings. The van der Waals surface area contributed by atoms with E-state index in [2.05, 4.69) is 65.9 Å². The quantitative estimate of drug-likeness (QED) is 0.716. The Balaban J connectivity index is 2.57. The van der Waals surface area contributed by atoms with Crippen LogP contribution in [0.4, 0.5) is 0 Å². The van der Waals surface area contributed by atoms with Crippen LogP contribution in [0.5, 0.6) is 0 Å². The molecule has 2 heteroatoms. The van der Waals surface area contributed by atoms with E-state index >= 15 is 0 Å². The lowest BCUT2D eigenvalue weighted by atomic mass is 10.1. The molecule has 1 aromatic rings. The van der Waals surface area contributed by atoms with Crippen LogP contribution >= 0.6 is 15.9 Å². The molecule has 0 aliphatic heterocycles. The topological polar surface area (TPSA) is 3.24 Å². The van der Waals surface area contributed by atoms with E-state index in [4.69, 9.17) is 0 Å². The number of rotatable bonds is 7. The zero-order valence-electron chi connectivity index (χ0n) is 11.2. The lowest BCUT2D eigenvalue weighted by molar-refractivity contribution is 0.215. The van der Waals surface area contributed by atoms with Gasteiger partial charge in [0.2, 0.25) is 0 Å². The maximum absolute atomic E-state index is 3.63. The van der Waals surface area contributed by atoms with E-state index in [1.165, 1.54) is 29.4 Å². The van der Waals surface area contributed by atoms with Gasteiger partial charge in [-0.15, -0.1) is 0 Å². The highest BCUT2D eigenvalue weighted by Gasteiger charge is 2.13. The number of nitrogens with zero attached hydrogens (tertiary/aromatic N) is 1. The van der Waals surface area contributed by atoms with Crippen LogP contribution in [0.15, 0.2) is 28.7 Å². The normalized spacial score (nSPS) is 13.0. The molecule has 0 heterocycles. The van der Waals surface area contributed by atoms with Gasteiger partial charge in [0.05, 0.1) is 0 Å². The van der Waals surface area contributed by atoms with Gasteiger partial charge in [-0.05, 0) is 44.5 Å². The van der Waals surface area contributed by atoms with Crippen molar-refractivity contribution in [3.63, 3.8) is 0 Å². The molecule has 0 radical (unpaired) electrons. The van der Waals surface area contributed by atoms with E-state index in [-0.39, 0.29) is 0 Å². The Bertz CT molecular complexity index is 324. The van der Waals surface area contributed by atoms with Gasteiger partial charge in [-0.25, -0.2) is 0 Å². The summed E-state index contributed by atoms with van der Waals surface area (Å²) >= 11 is 3.63. The van der Waals surface area contributed by atoms with Crippen LogP contribution in [0.3, 0.4) is 0 Å². The zero-order valence-corrected chi connectivity index (χ0v) is 12.8. The van der Waals surface area contributed by atoms with Crippen molar-refractivity contribution in [3.8, 4) is 0 Å². The van der Waals surface area contributed by atoms with Crippen LogP contribution in [0.2, 0.25) is 0 Å². The van der Waals surface area contributed by atoms with Crippen molar-refractivity contribution in [2.75, 3.05) is 13.1 Å². The Morgan fingerprint density at radius 2 is 1.94 bits per heavy atom. The third-order valence-corrected chi connectivity index (χ3v) is 4.08. The second-order valence-electron chi connectivity index (χ2n) is 4.63. The minimum atomic E-state index is 0.616. The number of unbranched alkanes of at least 4 members (excludes halogenated alkanes) is 1. The van der Waals surface area contributed by atoms with Crippen LogP contribution in [-0.2, 0) is 6.42 Å². The Kier molecular flexibility index (Phi) is 6.83. The predicted octanol–water partition coefficient (Wildman–Crippen LogP) is 4.50. The van der Waals surface area contributed by atoms with Crippen molar-refractivity contribution in [1.82, 2.24) is 4.90 Å². The molecule has 1 unspecified atom stereocenters.